The molecule has 6 nitrogen and oxygen atoms in total. The molecule has 84 valence electrons. The molecule has 2 N–H and O–H groups in total. The van der Waals surface area contributed by atoms with Crippen LogP contribution in [0.15, 0.2) is 9.59 Å². The monoisotopic (exact) mass is 214 g/mol. The van der Waals surface area contributed by atoms with Crippen molar-refractivity contribution >= 4 is 0 Å². The van der Waals surface area contributed by atoms with Crippen LogP contribution in [0.1, 0.15) is 18.5 Å². The first-order chi connectivity index (χ1) is 6.99. The maximum Gasteiger partial charge on any atom is 0.331 e. The third kappa shape index (κ3) is 2.10. The Morgan fingerprint density at radius 2 is 2.13 bits per heavy atom. The fourth-order valence-corrected chi connectivity index (χ4v) is 1.35. The number of hydrogen-bond donors (Lipinski definition) is 2. The molecule has 1 atom stereocenters. The third-order valence-electron chi connectivity index (χ3n) is 2.19. The van der Waals surface area contributed by atoms with E-state index in [9.17, 15) is 14.7 Å². The largest absolute Gasteiger partial charge is 0.494 e. The van der Waals surface area contributed by atoms with Gasteiger partial charge in [0.2, 0.25) is 5.88 Å². The second-order valence-corrected chi connectivity index (χ2v) is 3.38. The van der Waals surface area contributed by atoms with E-state index in [0.29, 0.717) is 0 Å². The van der Waals surface area contributed by atoms with Crippen molar-refractivity contribution in [3.8, 4) is 5.88 Å². The van der Waals surface area contributed by atoms with Crippen molar-refractivity contribution in [3.05, 3.63) is 26.4 Å². The minimum absolute atomic E-state index is 0.123. The van der Waals surface area contributed by atoms with E-state index in [2.05, 4.69) is 4.98 Å². The Hall–Kier alpha value is -1.56. The van der Waals surface area contributed by atoms with Crippen LogP contribution >= 0.6 is 0 Å². The zero-order chi connectivity index (χ0) is 11.6. The van der Waals surface area contributed by atoms with Gasteiger partial charge in [-0.25, -0.2) is 4.79 Å². The summed E-state index contributed by atoms with van der Waals surface area (Å²) in [5, 5.41) is 9.64. The molecule has 0 saturated heterocycles. The minimum atomic E-state index is -0.632. The highest BCUT2D eigenvalue weighted by Crippen LogP contribution is 2.14. The molecule has 0 saturated carbocycles. The molecule has 0 aliphatic carbocycles. The first-order valence-corrected chi connectivity index (χ1v) is 4.52. The molecular formula is C9H14N2O4. The highest BCUT2D eigenvalue weighted by Gasteiger charge is 2.15. The molecule has 1 unspecified atom stereocenters. The maximum absolute atomic E-state index is 11.4. The highest BCUT2D eigenvalue weighted by atomic mass is 16.5. The molecule has 1 aromatic heterocycles. The number of H-pyrrole nitrogens is 1. The number of rotatable bonds is 3. The van der Waals surface area contributed by atoms with Crippen molar-refractivity contribution < 1.29 is 9.84 Å². The fourth-order valence-electron chi connectivity index (χ4n) is 1.35. The molecule has 0 amide bonds. The molecule has 1 rings (SSSR count). The number of aromatic amines is 1. The SMILES string of the molecule is COCC(C)n1c(O)c(C)c(=O)[nH]c1=O. The zero-order valence-electron chi connectivity index (χ0n) is 8.90. The molecule has 0 aliphatic heterocycles. The van der Waals surface area contributed by atoms with E-state index in [4.69, 9.17) is 4.74 Å². The van der Waals surface area contributed by atoms with Crippen LogP contribution in [0.25, 0.3) is 0 Å². The summed E-state index contributed by atoms with van der Waals surface area (Å²) in [6.45, 7) is 3.44. The van der Waals surface area contributed by atoms with Crippen LogP contribution in [0.5, 0.6) is 5.88 Å². The van der Waals surface area contributed by atoms with Crippen LogP contribution in [-0.4, -0.2) is 28.4 Å². The van der Waals surface area contributed by atoms with Crippen LogP contribution in [0, 0.1) is 6.92 Å². The van der Waals surface area contributed by atoms with Crippen LogP contribution in [0.2, 0.25) is 0 Å². The minimum Gasteiger partial charge on any atom is -0.494 e. The molecule has 15 heavy (non-hydrogen) atoms. The number of aromatic hydroxyl groups is 1. The zero-order valence-corrected chi connectivity index (χ0v) is 8.90. The highest BCUT2D eigenvalue weighted by molar-refractivity contribution is 5.20. The van der Waals surface area contributed by atoms with E-state index in [1.807, 2.05) is 0 Å². The van der Waals surface area contributed by atoms with Crippen LogP contribution < -0.4 is 11.2 Å². The average Bonchev–Trinajstić information content (AvgIpc) is 2.15. The molecule has 0 bridgehead atoms. The summed E-state index contributed by atoms with van der Waals surface area (Å²) in [5.74, 6) is -0.312. The third-order valence-corrected chi connectivity index (χ3v) is 2.19. The second-order valence-electron chi connectivity index (χ2n) is 3.38. The van der Waals surface area contributed by atoms with Gasteiger partial charge < -0.3 is 9.84 Å². The lowest BCUT2D eigenvalue weighted by molar-refractivity contribution is 0.154. The molecule has 0 fully saturated rings. The van der Waals surface area contributed by atoms with Gasteiger partial charge in [-0.15, -0.1) is 0 Å². The lowest BCUT2D eigenvalue weighted by Gasteiger charge is -2.15. The molecule has 0 spiro atoms. The summed E-state index contributed by atoms with van der Waals surface area (Å²) in [7, 11) is 1.50. The Bertz CT molecular complexity index is 460. The number of hydrogen-bond acceptors (Lipinski definition) is 4. The summed E-state index contributed by atoms with van der Waals surface area (Å²) >= 11 is 0. The topological polar surface area (TPSA) is 84.3 Å². The van der Waals surface area contributed by atoms with Crippen molar-refractivity contribution in [2.24, 2.45) is 0 Å². The van der Waals surface area contributed by atoms with E-state index in [0.717, 1.165) is 4.57 Å². The fraction of sp³-hybridized carbons (Fsp3) is 0.556. The molecule has 0 aromatic carbocycles. The first kappa shape index (κ1) is 11.5. The molecule has 1 aromatic rings. The predicted molar refractivity (Wildman–Crippen MR) is 54.3 cm³/mol. The molecule has 0 radical (unpaired) electrons. The first-order valence-electron chi connectivity index (χ1n) is 4.52. The van der Waals surface area contributed by atoms with Crippen molar-refractivity contribution in [2.75, 3.05) is 13.7 Å². The summed E-state index contributed by atoms with van der Waals surface area (Å²) in [5.41, 5.74) is -1.08. The molecule has 6 heteroatoms. The lowest BCUT2D eigenvalue weighted by Crippen LogP contribution is -2.34. The van der Waals surface area contributed by atoms with Crippen LogP contribution in [0.3, 0.4) is 0 Å². The van der Waals surface area contributed by atoms with Crippen LogP contribution in [0.4, 0.5) is 0 Å². The Morgan fingerprint density at radius 1 is 1.53 bits per heavy atom. The number of aromatic nitrogens is 2. The van der Waals surface area contributed by atoms with E-state index in [-0.39, 0.29) is 24.1 Å². The van der Waals surface area contributed by atoms with Gasteiger partial charge in [0, 0.05) is 7.11 Å². The average molecular weight is 214 g/mol. The lowest BCUT2D eigenvalue weighted by atomic mass is 10.3. The van der Waals surface area contributed by atoms with Gasteiger partial charge >= 0.3 is 5.69 Å². The number of ether oxygens (including phenoxy) is 1. The van der Waals surface area contributed by atoms with Gasteiger partial charge in [-0.2, -0.15) is 0 Å². The normalized spacial score (nSPS) is 12.7. The van der Waals surface area contributed by atoms with E-state index < -0.39 is 11.2 Å². The standard InChI is InChI=1S/C9H14N2O4/c1-5(4-15-3)11-8(13)6(2)7(12)10-9(11)14/h5,13H,4H2,1-3H3,(H,10,12,14). The molecule has 0 aliphatic rings. The van der Waals surface area contributed by atoms with Gasteiger partial charge in [0.05, 0.1) is 18.2 Å². The van der Waals surface area contributed by atoms with Gasteiger partial charge in [-0.05, 0) is 13.8 Å². The number of methoxy groups -OCH3 is 1. The predicted octanol–water partition coefficient (Wildman–Crippen LogP) is -0.242. The Kier molecular flexibility index (Phi) is 3.31. The maximum atomic E-state index is 11.4. The number of nitrogens with zero attached hydrogens (tertiary/aromatic N) is 1. The van der Waals surface area contributed by atoms with Gasteiger partial charge in [0.15, 0.2) is 0 Å². The van der Waals surface area contributed by atoms with Crippen molar-refractivity contribution in [1.29, 1.82) is 0 Å². The van der Waals surface area contributed by atoms with E-state index in [1.165, 1.54) is 14.0 Å². The summed E-state index contributed by atoms with van der Waals surface area (Å²) in [6, 6.07) is -0.335. The van der Waals surface area contributed by atoms with Gasteiger partial charge in [0.25, 0.3) is 5.56 Å². The quantitative estimate of drug-likeness (QED) is 0.727. The summed E-state index contributed by atoms with van der Waals surface area (Å²) < 4.78 is 5.97. The van der Waals surface area contributed by atoms with Gasteiger partial charge in [-0.1, -0.05) is 0 Å². The Balaban J connectivity index is 3.36. The van der Waals surface area contributed by atoms with Crippen molar-refractivity contribution in [3.63, 3.8) is 0 Å². The summed E-state index contributed by atoms with van der Waals surface area (Å²) in [6.07, 6.45) is 0. The number of nitrogens with one attached hydrogen (secondary N) is 1. The second kappa shape index (κ2) is 4.31. The van der Waals surface area contributed by atoms with Crippen LogP contribution in [-0.2, 0) is 4.74 Å². The van der Waals surface area contributed by atoms with Gasteiger partial charge in [-0.3, -0.25) is 14.3 Å². The summed E-state index contributed by atoms with van der Waals surface area (Å²) in [4.78, 5) is 24.7. The molecular weight excluding hydrogens is 200 g/mol. The van der Waals surface area contributed by atoms with E-state index in [1.54, 1.807) is 6.92 Å². The smallest absolute Gasteiger partial charge is 0.331 e. The van der Waals surface area contributed by atoms with E-state index >= 15 is 0 Å². The molecule has 1 heterocycles. The van der Waals surface area contributed by atoms with Crippen molar-refractivity contribution in [2.45, 2.75) is 19.9 Å². The van der Waals surface area contributed by atoms with Gasteiger partial charge in [0.1, 0.15) is 0 Å². The van der Waals surface area contributed by atoms with Crippen molar-refractivity contribution in [1.82, 2.24) is 9.55 Å². The Labute approximate surface area is 86.1 Å². The Morgan fingerprint density at radius 3 is 2.67 bits per heavy atom.